The highest BCUT2D eigenvalue weighted by atomic mass is 32.2. The SMILES string of the molecule is CCCOc1ccccc1CCCNC(=O)[C@@H]1CCCN(S(C)(=O)=O)C1. The average Bonchev–Trinajstić information content (AvgIpc) is 2.63. The molecule has 1 aromatic carbocycles. The van der Waals surface area contributed by atoms with Gasteiger partial charge in [-0.2, -0.15) is 0 Å². The molecule has 0 aromatic heterocycles. The van der Waals surface area contributed by atoms with Crippen LogP contribution in [0.4, 0.5) is 0 Å². The Morgan fingerprint density at radius 1 is 1.35 bits per heavy atom. The maximum atomic E-state index is 12.3. The molecule has 146 valence electrons. The van der Waals surface area contributed by atoms with Crippen LogP contribution in [0.25, 0.3) is 0 Å². The molecule has 1 aliphatic rings. The fourth-order valence-corrected chi connectivity index (χ4v) is 4.07. The second-order valence-corrected chi connectivity index (χ2v) is 8.79. The predicted molar refractivity (Wildman–Crippen MR) is 103 cm³/mol. The predicted octanol–water partition coefficient (Wildman–Crippen LogP) is 2.20. The summed E-state index contributed by atoms with van der Waals surface area (Å²) in [5.74, 6) is 0.615. The monoisotopic (exact) mass is 382 g/mol. The van der Waals surface area contributed by atoms with E-state index < -0.39 is 10.0 Å². The molecule has 1 fully saturated rings. The third kappa shape index (κ3) is 6.29. The van der Waals surface area contributed by atoms with E-state index in [1.165, 1.54) is 10.6 Å². The number of hydrogen-bond acceptors (Lipinski definition) is 4. The Kier molecular flexibility index (Phi) is 7.90. The van der Waals surface area contributed by atoms with Gasteiger partial charge in [0.15, 0.2) is 0 Å². The van der Waals surface area contributed by atoms with E-state index in [0.717, 1.165) is 43.4 Å². The molecule has 0 saturated carbocycles. The van der Waals surface area contributed by atoms with Crippen LogP contribution in [0.5, 0.6) is 5.75 Å². The number of sulfonamides is 1. The van der Waals surface area contributed by atoms with Gasteiger partial charge in [0.1, 0.15) is 5.75 Å². The van der Waals surface area contributed by atoms with Gasteiger partial charge in [-0.15, -0.1) is 0 Å². The lowest BCUT2D eigenvalue weighted by atomic mass is 9.99. The van der Waals surface area contributed by atoms with Crippen molar-refractivity contribution in [3.8, 4) is 5.75 Å². The number of aryl methyl sites for hydroxylation is 1. The van der Waals surface area contributed by atoms with Crippen LogP contribution >= 0.6 is 0 Å². The highest BCUT2D eigenvalue weighted by molar-refractivity contribution is 7.88. The standard InChI is InChI=1S/C19H30N2O4S/c1-3-14-25-18-11-5-4-8-16(18)9-6-12-20-19(22)17-10-7-13-21(15-17)26(2,23)24/h4-5,8,11,17H,3,6-7,9-10,12-15H2,1-2H3,(H,20,22)/t17-/m1/s1. The molecular formula is C19H30N2O4S. The quantitative estimate of drug-likeness (QED) is 0.665. The second kappa shape index (κ2) is 9.92. The average molecular weight is 383 g/mol. The zero-order valence-corrected chi connectivity index (χ0v) is 16.6. The number of piperidine rings is 1. The van der Waals surface area contributed by atoms with Crippen LogP contribution in [-0.2, 0) is 21.2 Å². The molecule has 1 saturated heterocycles. The summed E-state index contributed by atoms with van der Waals surface area (Å²) in [5, 5.41) is 2.96. The molecule has 1 aliphatic heterocycles. The minimum atomic E-state index is -3.23. The molecule has 1 N–H and O–H groups in total. The zero-order chi connectivity index (χ0) is 19.0. The third-order valence-corrected chi connectivity index (χ3v) is 5.85. The summed E-state index contributed by atoms with van der Waals surface area (Å²) in [5.41, 5.74) is 1.15. The zero-order valence-electron chi connectivity index (χ0n) is 15.7. The lowest BCUT2D eigenvalue weighted by molar-refractivity contribution is -0.126. The molecule has 26 heavy (non-hydrogen) atoms. The highest BCUT2D eigenvalue weighted by Gasteiger charge is 2.29. The van der Waals surface area contributed by atoms with Crippen molar-refractivity contribution in [1.82, 2.24) is 9.62 Å². The Hall–Kier alpha value is -1.60. The topological polar surface area (TPSA) is 75.7 Å². The molecule has 7 heteroatoms. The largest absolute Gasteiger partial charge is 0.493 e. The Balaban J connectivity index is 1.77. The van der Waals surface area contributed by atoms with Gasteiger partial charge in [0, 0.05) is 19.6 Å². The van der Waals surface area contributed by atoms with E-state index in [2.05, 4.69) is 18.3 Å². The summed E-state index contributed by atoms with van der Waals surface area (Å²) >= 11 is 0. The Morgan fingerprint density at radius 3 is 2.85 bits per heavy atom. The fourth-order valence-electron chi connectivity index (χ4n) is 3.16. The van der Waals surface area contributed by atoms with Crippen molar-refractivity contribution in [2.75, 3.05) is 32.5 Å². The second-order valence-electron chi connectivity index (χ2n) is 6.81. The Morgan fingerprint density at radius 2 is 2.12 bits per heavy atom. The summed E-state index contributed by atoms with van der Waals surface area (Å²) in [4.78, 5) is 12.3. The number of amides is 1. The van der Waals surface area contributed by atoms with E-state index in [1.807, 2.05) is 18.2 Å². The molecule has 1 amide bonds. The molecule has 0 aliphatic carbocycles. The van der Waals surface area contributed by atoms with E-state index in [1.54, 1.807) is 0 Å². The van der Waals surface area contributed by atoms with Crippen molar-refractivity contribution in [3.05, 3.63) is 29.8 Å². The summed E-state index contributed by atoms with van der Waals surface area (Å²) in [7, 11) is -3.23. The molecule has 0 unspecified atom stereocenters. The molecule has 0 spiro atoms. The number of para-hydroxylation sites is 1. The normalized spacial score (nSPS) is 18.5. The van der Waals surface area contributed by atoms with Crippen molar-refractivity contribution in [1.29, 1.82) is 0 Å². The smallest absolute Gasteiger partial charge is 0.224 e. The number of rotatable bonds is 9. The van der Waals surface area contributed by atoms with E-state index in [0.29, 0.717) is 26.2 Å². The first-order chi connectivity index (χ1) is 12.4. The van der Waals surface area contributed by atoms with Gasteiger partial charge in [-0.3, -0.25) is 4.79 Å². The number of ether oxygens (including phenoxy) is 1. The molecule has 6 nitrogen and oxygen atoms in total. The van der Waals surface area contributed by atoms with Crippen LogP contribution in [-0.4, -0.2) is 51.1 Å². The molecule has 1 heterocycles. The van der Waals surface area contributed by atoms with Gasteiger partial charge in [-0.25, -0.2) is 12.7 Å². The lowest BCUT2D eigenvalue weighted by Gasteiger charge is -2.30. The van der Waals surface area contributed by atoms with Gasteiger partial charge < -0.3 is 10.1 Å². The van der Waals surface area contributed by atoms with Gasteiger partial charge >= 0.3 is 0 Å². The van der Waals surface area contributed by atoms with Gasteiger partial charge in [0.2, 0.25) is 15.9 Å². The van der Waals surface area contributed by atoms with Gasteiger partial charge in [-0.05, 0) is 43.7 Å². The van der Waals surface area contributed by atoms with Crippen LogP contribution in [0, 0.1) is 5.92 Å². The van der Waals surface area contributed by atoms with Gasteiger partial charge in [0.05, 0.1) is 18.8 Å². The molecule has 0 bridgehead atoms. The van der Waals surface area contributed by atoms with Crippen LogP contribution in [0.3, 0.4) is 0 Å². The number of nitrogens with zero attached hydrogens (tertiary/aromatic N) is 1. The summed E-state index contributed by atoms with van der Waals surface area (Å²) in [6, 6.07) is 7.99. The van der Waals surface area contributed by atoms with Crippen molar-refractivity contribution in [2.24, 2.45) is 5.92 Å². The number of nitrogens with one attached hydrogen (secondary N) is 1. The van der Waals surface area contributed by atoms with E-state index in [-0.39, 0.29) is 11.8 Å². The van der Waals surface area contributed by atoms with Crippen molar-refractivity contribution >= 4 is 15.9 Å². The van der Waals surface area contributed by atoms with Crippen LogP contribution in [0.2, 0.25) is 0 Å². The maximum Gasteiger partial charge on any atom is 0.224 e. The molecule has 0 radical (unpaired) electrons. The summed E-state index contributed by atoms with van der Waals surface area (Å²) in [6.07, 6.45) is 5.29. The Bertz CT molecular complexity index is 691. The first-order valence-corrected chi connectivity index (χ1v) is 11.2. The Labute approximate surface area is 157 Å². The molecule has 1 aromatic rings. The number of carbonyl (C=O) groups excluding carboxylic acids is 1. The first-order valence-electron chi connectivity index (χ1n) is 9.35. The molecule has 1 atom stereocenters. The number of carbonyl (C=O) groups is 1. The van der Waals surface area contributed by atoms with E-state index in [9.17, 15) is 13.2 Å². The third-order valence-electron chi connectivity index (χ3n) is 4.58. The minimum absolute atomic E-state index is 0.0473. The van der Waals surface area contributed by atoms with E-state index in [4.69, 9.17) is 4.74 Å². The van der Waals surface area contributed by atoms with Crippen molar-refractivity contribution < 1.29 is 17.9 Å². The summed E-state index contributed by atoms with van der Waals surface area (Å²) < 4.78 is 30.5. The van der Waals surface area contributed by atoms with Gasteiger partial charge in [-0.1, -0.05) is 25.1 Å². The van der Waals surface area contributed by atoms with Crippen LogP contribution in [0.1, 0.15) is 38.2 Å². The maximum absolute atomic E-state index is 12.3. The van der Waals surface area contributed by atoms with Crippen molar-refractivity contribution in [2.45, 2.75) is 39.0 Å². The van der Waals surface area contributed by atoms with Crippen LogP contribution in [0.15, 0.2) is 24.3 Å². The van der Waals surface area contributed by atoms with Gasteiger partial charge in [0.25, 0.3) is 0 Å². The van der Waals surface area contributed by atoms with Crippen molar-refractivity contribution in [3.63, 3.8) is 0 Å². The summed E-state index contributed by atoms with van der Waals surface area (Å²) in [6.45, 7) is 4.16. The van der Waals surface area contributed by atoms with Crippen LogP contribution < -0.4 is 10.1 Å². The minimum Gasteiger partial charge on any atom is -0.493 e. The number of hydrogen-bond donors (Lipinski definition) is 1. The first kappa shape index (κ1) is 20.7. The van der Waals surface area contributed by atoms with E-state index >= 15 is 0 Å². The fraction of sp³-hybridized carbons (Fsp3) is 0.632. The number of benzene rings is 1. The molecule has 2 rings (SSSR count). The highest BCUT2D eigenvalue weighted by Crippen LogP contribution is 2.20. The molecular weight excluding hydrogens is 352 g/mol. The lowest BCUT2D eigenvalue weighted by Crippen LogP contribution is -2.45.